The minimum Gasteiger partial charge on any atom is -0.493 e. The fourth-order valence-electron chi connectivity index (χ4n) is 1.53. The van der Waals surface area contributed by atoms with Gasteiger partial charge >= 0.3 is 0 Å². The molecule has 0 aliphatic carbocycles. The lowest BCUT2D eigenvalue weighted by Crippen LogP contribution is -2.35. The van der Waals surface area contributed by atoms with Crippen LogP contribution in [-0.4, -0.2) is 25.7 Å². The van der Waals surface area contributed by atoms with E-state index in [1.54, 1.807) is 12.1 Å². The summed E-state index contributed by atoms with van der Waals surface area (Å²) in [7, 11) is 1.45. The molecule has 0 atom stereocenters. The van der Waals surface area contributed by atoms with Gasteiger partial charge in [-0.3, -0.25) is 0 Å². The van der Waals surface area contributed by atoms with Crippen molar-refractivity contribution in [2.45, 2.75) is 39.3 Å². The summed E-state index contributed by atoms with van der Waals surface area (Å²) >= 11 is 6.07. The molecule has 0 aliphatic rings. The van der Waals surface area contributed by atoms with Crippen molar-refractivity contribution in [3.05, 3.63) is 22.7 Å². The van der Waals surface area contributed by atoms with E-state index in [2.05, 4.69) is 5.32 Å². The van der Waals surface area contributed by atoms with E-state index in [0.717, 1.165) is 5.56 Å². The van der Waals surface area contributed by atoms with E-state index >= 15 is 0 Å². The normalized spacial score (nSPS) is 11.8. The Bertz CT molecular complexity index is 448. The maximum absolute atomic E-state index is 12.2. The molecular formula is C14H20ClF2NO2. The van der Waals surface area contributed by atoms with Crippen molar-refractivity contribution >= 4 is 11.6 Å². The van der Waals surface area contributed by atoms with Gasteiger partial charge in [-0.2, -0.15) is 0 Å². The minimum atomic E-state index is -2.56. The van der Waals surface area contributed by atoms with Gasteiger partial charge in [0.2, 0.25) is 0 Å². The van der Waals surface area contributed by atoms with Gasteiger partial charge < -0.3 is 14.8 Å². The molecule has 114 valence electrons. The average molecular weight is 308 g/mol. The monoisotopic (exact) mass is 307 g/mol. The summed E-state index contributed by atoms with van der Waals surface area (Å²) in [6, 6.07) is 3.41. The van der Waals surface area contributed by atoms with Gasteiger partial charge in [-0.05, 0) is 38.5 Å². The Morgan fingerprint density at radius 1 is 1.30 bits per heavy atom. The van der Waals surface area contributed by atoms with Gasteiger partial charge in [-0.25, -0.2) is 8.78 Å². The zero-order valence-electron chi connectivity index (χ0n) is 12.1. The van der Waals surface area contributed by atoms with Crippen LogP contribution >= 0.6 is 11.6 Å². The van der Waals surface area contributed by atoms with Gasteiger partial charge in [-0.15, -0.1) is 0 Å². The minimum absolute atomic E-state index is 0.0371. The number of hydrogen-bond acceptors (Lipinski definition) is 3. The lowest BCUT2D eigenvalue weighted by molar-refractivity contribution is 0.0805. The first-order valence-corrected chi connectivity index (χ1v) is 6.63. The molecule has 0 unspecified atom stereocenters. The fourth-order valence-corrected chi connectivity index (χ4v) is 1.82. The highest BCUT2D eigenvalue weighted by Crippen LogP contribution is 2.36. The van der Waals surface area contributed by atoms with Crippen molar-refractivity contribution in [1.29, 1.82) is 0 Å². The van der Waals surface area contributed by atoms with Crippen LogP contribution in [0.3, 0.4) is 0 Å². The van der Waals surface area contributed by atoms with Crippen molar-refractivity contribution in [2.24, 2.45) is 0 Å². The van der Waals surface area contributed by atoms with Crippen LogP contribution in [0.2, 0.25) is 5.02 Å². The third-order valence-corrected chi connectivity index (χ3v) is 2.75. The Hall–Kier alpha value is -1.07. The maximum Gasteiger partial charge on any atom is 0.272 e. The first kappa shape index (κ1) is 17.0. The first-order valence-electron chi connectivity index (χ1n) is 6.25. The number of nitrogens with one attached hydrogen (secondary N) is 1. The standard InChI is InChI=1S/C14H20ClF2NO2/c1-14(2,3)18-7-9-5-10(15)13(11(6-9)19-4)20-8-12(16)17/h5-6,12,18H,7-8H2,1-4H3. The van der Waals surface area contributed by atoms with Gasteiger partial charge in [0.25, 0.3) is 6.43 Å². The Balaban J connectivity index is 2.89. The van der Waals surface area contributed by atoms with E-state index < -0.39 is 13.0 Å². The molecule has 0 amide bonds. The third kappa shape index (κ3) is 5.51. The largest absolute Gasteiger partial charge is 0.493 e. The van der Waals surface area contributed by atoms with Crippen LogP contribution in [0, 0.1) is 0 Å². The molecule has 0 saturated heterocycles. The Morgan fingerprint density at radius 2 is 1.95 bits per heavy atom. The number of methoxy groups -OCH3 is 1. The molecular weight excluding hydrogens is 288 g/mol. The number of halogens is 3. The van der Waals surface area contributed by atoms with Gasteiger partial charge in [0.05, 0.1) is 12.1 Å². The second-order valence-electron chi connectivity index (χ2n) is 5.41. The van der Waals surface area contributed by atoms with Gasteiger partial charge in [-0.1, -0.05) is 11.6 Å². The summed E-state index contributed by atoms with van der Waals surface area (Å²) in [6.45, 7) is 6.02. The summed E-state index contributed by atoms with van der Waals surface area (Å²) in [6.07, 6.45) is -2.56. The van der Waals surface area contributed by atoms with Crippen molar-refractivity contribution < 1.29 is 18.3 Å². The number of benzene rings is 1. The maximum atomic E-state index is 12.2. The molecule has 0 heterocycles. The van der Waals surface area contributed by atoms with E-state index in [9.17, 15) is 8.78 Å². The summed E-state index contributed by atoms with van der Waals surface area (Å²) in [5, 5.41) is 3.57. The number of ether oxygens (including phenoxy) is 2. The molecule has 0 bridgehead atoms. The molecule has 1 rings (SSSR count). The van der Waals surface area contributed by atoms with Crippen LogP contribution in [0.15, 0.2) is 12.1 Å². The molecule has 0 aromatic heterocycles. The first-order chi connectivity index (χ1) is 9.23. The molecule has 0 saturated carbocycles. The van der Waals surface area contributed by atoms with Gasteiger partial charge in [0.15, 0.2) is 11.5 Å². The lowest BCUT2D eigenvalue weighted by atomic mass is 10.1. The average Bonchev–Trinajstić information content (AvgIpc) is 2.33. The highest BCUT2D eigenvalue weighted by atomic mass is 35.5. The second kappa shape index (κ2) is 7.09. The van der Waals surface area contributed by atoms with Gasteiger partial charge in [0, 0.05) is 12.1 Å². The Morgan fingerprint density at radius 3 is 2.45 bits per heavy atom. The molecule has 0 radical (unpaired) electrons. The Kier molecular flexibility index (Phi) is 6.02. The highest BCUT2D eigenvalue weighted by molar-refractivity contribution is 6.32. The predicted molar refractivity (Wildman–Crippen MR) is 76.1 cm³/mol. The molecule has 0 spiro atoms. The van der Waals surface area contributed by atoms with Crippen LogP contribution in [0.5, 0.6) is 11.5 Å². The zero-order valence-corrected chi connectivity index (χ0v) is 12.9. The molecule has 1 N–H and O–H groups in total. The van der Waals surface area contributed by atoms with E-state index in [4.69, 9.17) is 21.1 Å². The topological polar surface area (TPSA) is 30.5 Å². The fraction of sp³-hybridized carbons (Fsp3) is 0.571. The van der Waals surface area contributed by atoms with Crippen LogP contribution in [0.25, 0.3) is 0 Å². The van der Waals surface area contributed by atoms with Crippen LogP contribution in [-0.2, 0) is 6.54 Å². The smallest absolute Gasteiger partial charge is 0.272 e. The summed E-state index contributed by atoms with van der Waals surface area (Å²) in [5.41, 5.74) is 0.857. The van der Waals surface area contributed by atoms with E-state index in [1.165, 1.54) is 7.11 Å². The number of alkyl halides is 2. The van der Waals surface area contributed by atoms with Crippen LogP contribution in [0.1, 0.15) is 26.3 Å². The summed E-state index contributed by atoms with van der Waals surface area (Å²) in [5.74, 6) is 0.498. The molecule has 1 aromatic carbocycles. The zero-order chi connectivity index (χ0) is 15.3. The summed E-state index contributed by atoms with van der Waals surface area (Å²) in [4.78, 5) is 0. The second-order valence-corrected chi connectivity index (χ2v) is 5.82. The van der Waals surface area contributed by atoms with Crippen molar-refractivity contribution in [2.75, 3.05) is 13.7 Å². The SMILES string of the molecule is COc1cc(CNC(C)(C)C)cc(Cl)c1OCC(F)F. The molecule has 3 nitrogen and oxygen atoms in total. The van der Waals surface area contributed by atoms with Gasteiger partial charge in [0.1, 0.15) is 6.61 Å². The number of hydrogen-bond donors (Lipinski definition) is 1. The van der Waals surface area contributed by atoms with Crippen molar-refractivity contribution in [3.63, 3.8) is 0 Å². The van der Waals surface area contributed by atoms with E-state index in [0.29, 0.717) is 12.3 Å². The molecule has 1 aromatic rings. The van der Waals surface area contributed by atoms with E-state index in [1.807, 2.05) is 20.8 Å². The van der Waals surface area contributed by atoms with Crippen LogP contribution in [0.4, 0.5) is 8.78 Å². The predicted octanol–water partition coefficient (Wildman–Crippen LogP) is 3.88. The van der Waals surface area contributed by atoms with Crippen molar-refractivity contribution in [1.82, 2.24) is 5.32 Å². The summed E-state index contributed by atoms with van der Waals surface area (Å²) < 4.78 is 34.5. The van der Waals surface area contributed by atoms with Crippen molar-refractivity contribution in [3.8, 4) is 11.5 Å². The Labute approximate surface area is 123 Å². The third-order valence-electron chi connectivity index (χ3n) is 2.47. The lowest BCUT2D eigenvalue weighted by Gasteiger charge is -2.21. The molecule has 6 heteroatoms. The van der Waals surface area contributed by atoms with E-state index in [-0.39, 0.29) is 16.3 Å². The molecule has 0 fully saturated rings. The van der Waals surface area contributed by atoms with Crippen LogP contribution < -0.4 is 14.8 Å². The highest BCUT2D eigenvalue weighted by Gasteiger charge is 2.15. The number of rotatable bonds is 6. The quantitative estimate of drug-likeness (QED) is 0.865. The molecule has 20 heavy (non-hydrogen) atoms. The molecule has 0 aliphatic heterocycles.